The van der Waals surface area contributed by atoms with Crippen LogP contribution in [0.5, 0.6) is 5.75 Å². The van der Waals surface area contributed by atoms with E-state index in [1.807, 2.05) is 32.0 Å². The molecule has 1 aromatic carbocycles. The summed E-state index contributed by atoms with van der Waals surface area (Å²) in [7, 11) is 0. The Labute approximate surface area is 126 Å². The maximum Gasteiger partial charge on any atom is 0.227 e. The van der Waals surface area contributed by atoms with Crippen LogP contribution in [-0.2, 0) is 11.4 Å². The molecule has 0 saturated heterocycles. The minimum atomic E-state index is -0.434. The summed E-state index contributed by atoms with van der Waals surface area (Å²) in [5.41, 5.74) is 7.17. The molecule has 4 N–H and O–H groups in total. The monoisotopic (exact) mass is 307 g/mol. The zero-order chi connectivity index (χ0) is 15.4. The van der Waals surface area contributed by atoms with Gasteiger partial charge in [0, 0.05) is 0 Å². The molecule has 112 valence electrons. The van der Waals surface area contributed by atoms with E-state index in [1.165, 1.54) is 4.68 Å². The highest BCUT2D eigenvalue weighted by atomic mass is 32.2. The third-order valence-corrected chi connectivity index (χ3v) is 3.80. The Kier molecular flexibility index (Phi) is 4.69. The molecule has 1 aromatic heterocycles. The van der Waals surface area contributed by atoms with Gasteiger partial charge in [0.2, 0.25) is 11.1 Å². The molecule has 2 aromatic rings. The number of ether oxygens (including phenoxy) is 1. The molecule has 0 aliphatic rings. The number of aromatic nitrogens is 3. The Morgan fingerprint density at radius 1 is 1.33 bits per heavy atom. The van der Waals surface area contributed by atoms with E-state index in [9.17, 15) is 4.79 Å². The number of para-hydroxylation sites is 1. The van der Waals surface area contributed by atoms with Crippen molar-refractivity contribution in [3.05, 3.63) is 35.2 Å². The summed E-state index contributed by atoms with van der Waals surface area (Å²) >= 11 is 1.14. The van der Waals surface area contributed by atoms with E-state index in [0.717, 1.165) is 28.6 Å². The van der Waals surface area contributed by atoms with Gasteiger partial charge in [-0.1, -0.05) is 30.0 Å². The summed E-state index contributed by atoms with van der Waals surface area (Å²) in [5.74, 6) is 6.83. The molecule has 0 unspecified atom stereocenters. The minimum absolute atomic E-state index is 0.104. The van der Waals surface area contributed by atoms with Gasteiger partial charge in [0.15, 0.2) is 5.82 Å². The number of hydrogen-bond donors (Lipinski definition) is 2. The van der Waals surface area contributed by atoms with E-state index in [-0.39, 0.29) is 12.4 Å². The molecular formula is C13H17N5O2S. The van der Waals surface area contributed by atoms with Crippen molar-refractivity contribution in [3.63, 3.8) is 0 Å². The van der Waals surface area contributed by atoms with Crippen molar-refractivity contribution in [3.8, 4) is 5.75 Å². The topological polar surface area (TPSA) is 109 Å². The molecule has 1 heterocycles. The van der Waals surface area contributed by atoms with Crippen LogP contribution >= 0.6 is 11.8 Å². The molecule has 0 radical (unpaired) electrons. The molecule has 2 rings (SSSR count). The van der Waals surface area contributed by atoms with Crippen molar-refractivity contribution in [1.82, 2.24) is 14.9 Å². The van der Waals surface area contributed by atoms with Gasteiger partial charge in [-0.3, -0.25) is 4.79 Å². The maximum atomic E-state index is 10.8. The molecule has 8 heteroatoms. The first-order valence-electron chi connectivity index (χ1n) is 6.28. The Bertz CT molecular complexity index is 636. The largest absolute Gasteiger partial charge is 0.485 e. The molecule has 0 spiro atoms. The third-order valence-electron chi connectivity index (χ3n) is 2.83. The van der Waals surface area contributed by atoms with Crippen LogP contribution in [-0.4, -0.2) is 26.5 Å². The normalized spacial score (nSPS) is 10.6. The number of primary amides is 1. The van der Waals surface area contributed by atoms with Crippen molar-refractivity contribution >= 4 is 17.7 Å². The molecule has 0 bridgehead atoms. The Morgan fingerprint density at radius 2 is 2.00 bits per heavy atom. The predicted octanol–water partition coefficient (Wildman–Crippen LogP) is 0.765. The maximum absolute atomic E-state index is 10.8. The van der Waals surface area contributed by atoms with Gasteiger partial charge in [-0.05, 0) is 25.0 Å². The van der Waals surface area contributed by atoms with Crippen LogP contribution in [0.2, 0.25) is 0 Å². The van der Waals surface area contributed by atoms with Crippen molar-refractivity contribution < 1.29 is 9.53 Å². The lowest BCUT2D eigenvalue weighted by Crippen LogP contribution is -2.18. The van der Waals surface area contributed by atoms with Gasteiger partial charge in [-0.2, -0.15) is 0 Å². The number of thioether (sulfide) groups is 1. The fourth-order valence-electron chi connectivity index (χ4n) is 1.80. The molecule has 0 fully saturated rings. The molecule has 0 aliphatic heterocycles. The Morgan fingerprint density at radius 3 is 2.62 bits per heavy atom. The fraction of sp³-hybridized carbons (Fsp3) is 0.308. The number of aryl methyl sites for hydroxylation is 2. The number of nitrogen functional groups attached to an aromatic ring is 1. The van der Waals surface area contributed by atoms with Gasteiger partial charge in [0.05, 0.1) is 5.75 Å². The van der Waals surface area contributed by atoms with Crippen LogP contribution in [0.3, 0.4) is 0 Å². The van der Waals surface area contributed by atoms with Crippen molar-refractivity contribution in [2.45, 2.75) is 25.6 Å². The first kappa shape index (κ1) is 15.2. The number of rotatable bonds is 6. The van der Waals surface area contributed by atoms with Gasteiger partial charge in [0.1, 0.15) is 12.4 Å². The van der Waals surface area contributed by atoms with Gasteiger partial charge in [-0.25, -0.2) is 4.68 Å². The second-order valence-electron chi connectivity index (χ2n) is 4.53. The van der Waals surface area contributed by atoms with Crippen LogP contribution in [0.15, 0.2) is 23.4 Å². The SMILES string of the molecule is Cc1cccc(C)c1OCc1nnc(SCC(N)=O)n1N. The summed E-state index contributed by atoms with van der Waals surface area (Å²) in [6.45, 7) is 4.15. The number of nitrogens with zero attached hydrogens (tertiary/aromatic N) is 3. The van der Waals surface area contributed by atoms with E-state index in [4.69, 9.17) is 16.3 Å². The van der Waals surface area contributed by atoms with Crippen molar-refractivity contribution in [2.24, 2.45) is 5.73 Å². The van der Waals surface area contributed by atoms with E-state index >= 15 is 0 Å². The fourth-order valence-corrected chi connectivity index (χ4v) is 2.42. The lowest BCUT2D eigenvalue weighted by molar-refractivity contribution is -0.115. The number of carbonyl (C=O) groups is 1. The molecule has 7 nitrogen and oxygen atoms in total. The van der Waals surface area contributed by atoms with E-state index in [0.29, 0.717) is 11.0 Å². The van der Waals surface area contributed by atoms with Gasteiger partial charge in [0.25, 0.3) is 0 Å². The zero-order valence-corrected chi connectivity index (χ0v) is 12.7. The van der Waals surface area contributed by atoms with Crippen LogP contribution in [0.25, 0.3) is 0 Å². The van der Waals surface area contributed by atoms with Crippen LogP contribution < -0.4 is 16.3 Å². The Hall–Kier alpha value is -2.22. The second-order valence-corrected chi connectivity index (χ2v) is 5.48. The summed E-state index contributed by atoms with van der Waals surface area (Å²) in [5, 5.41) is 8.29. The molecular weight excluding hydrogens is 290 g/mol. The average Bonchev–Trinajstić information content (AvgIpc) is 2.77. The van der Waals surface area contributed by atoms with Gasteiger partial charge >= 0.3 is 0 Å². The second kappa shape index (κ2) is 6.49. The number of hydrogen-bond acceptors (Lipinski definition) is 6. The summed E-state index contributed by atoms with van der Waals surface area (Å²) < 4.78 is 7.08. The predicted molar refractivity (Wildman–Crippen MR) is 80.3 cm³/mol. The number of amides is 1. The first-order valence-corrected chi connectivity index (χ1v) is 7.27. The van der Waals surface area contributed by atoms with E-state index in [2.05, 4.69) is 10.2 Å². The highest BCUT2D eigenvalue weighted by Gasteiger charge is 2.12. The lowest BCUT2D eigenvalue weighted by atomic mass is 10.1. The lowest BCUT2D eigenvalue weighted by Gasteiger charge is -2.11. The molecule has 21 heavy (non-hydrogen) atoms. The van der Waals surface area contributed by atoms with Crippen LogP contribution in [0.1, 0.15) is 17.0 Å². The summed E-state index contributed by atoms with van der Waals surface area (Å²) in [6, 6.07) is 5.93. The smallest absolute Gasteiger partial charge is 0.227 e. The van der Waals surface area contributed by atoms with E-state index < -0.39 is 5.91 Å². The quantitative estimate of drug-likeness (QED) is 0.602. The third kappa shape index (κ3) is 3.66. The van der Waals surface area contributed by atoms with Crippen molar-refractivity contribution in [1.29, 1.82) is 0 Å². The zero-order valence-electron chi connectivity index (χ0n) is 11.9. The van der Waals surface area contributed by atoms with Gasteiger partial charge in [-0.15, -0.1) is 10.2 Å². The molecule has 0 aliphatic carbocycles. The Balaban J connectivity index is 2.05. The first-order chi connectivity index (χ1) is 9.99. The highest BCUT2D eigenvalue weighted by Crippen LogP contribution is 2.23. The molecule has 0 atom stereocenters. The number of benzene rings is 1. The summed E-state index contributed by atoms with van der Waals surface area (Å²) in [4.78, 5) is 10.8. The highest BCUT2D eigenvalue weighted by molar-refractivity contribution is 7.99. The number of carbonyl (C=O) groups excluding carboxylic acids is 1. The minimum Gasteiger partial charge on any atom is -0.485 e. The molecule has 0 saturated carbocycles. The standard InChI is InChI=1S/C13H17N5O2S/c1-8-4-3-5-9(2)12(8)20-6-11-16-17-13(18(11)15)21-7-10(14)19/h3-5H,6-7,15H2,1-2H3,(H2,14,19). The van der Waals surface area contributed by atoms with Crippen LogP contribution in [0, 0.1) is 13.8 Å². The summed E-state index contributed by atoms with van der Waals surface area (Å²) in [6.07, 6.45) is 0. The molecule has 1 amide bonds. The van der Waals surface area contributed by atoms with Crippen LogP contribution in [0.4, 0.5) is 0 Å². The van der Waals surface area contributed by atoms with E-state index in [1.54, 1.807) is 0 Å². The number of nitrogens with two attached hydrogens (primary N) is 2. The average molecular weight is 307 g/mol. The van der Waals surface area contributed by atoms with Crippen molar-refractivity contribution in [2.75, 3.05) is 11.6 Å². The van der Waals surface area contributed by atoms with Gasteiger partial charge < -0.3 is 16.3 Å².